The summed E-state index contributed by atoms with van der Waals surface area (Å²) in [5.41, 5.74) is 0.888. The zero-order valence-corrected chi connectivity index (χ0v) is 37.3. The number of aromatic nitrogens is 2. The van der Waals surface area contributed by atoms with Crippen LogP contribution in [0.3, 0.4) is 0 Å². The number of halogens is 3. The maximum absolute atomic E-state index is 17.4. The van der Waals surface area contributed by atoms with Gasteiger partial charge in [-0.2, -0.15) is 9.90 Å². The van der Waals surface area contributed by atoms with E-state index in [0.29, 0.717) is 83.6 Å². The standard InChI is InChI=1S/C36H34ClF2N4O4S.H3P.H2S.Tl/c1-7-21-24(38)11-8-18-14-20(46-17-45-5)15-23(27(18)21)28-30(37)22-10-13-25-26-12-9-19(43(26)35(44)47-36(2,3)4)16-42(25)33-29(22)32(31(28)39)40-34(41-33)48-6;;;/h8,11,14-15,19,25-26H,9-10,12-13,16-17H2,2-6H3;1H3;1H2;/p-1/t19-,25-,26+;;;/m1.../s1. The predicted molar refractivity (Wildman–Crippen MR) is 209 cm³/mol. The second-order valence-corrected chi connectivity index (χ2v) is 15.8. The number of hydrogen-bond acceptors (Lipinski definition) is 9. The molecule has 1 unspecified atom stereocenters. The van der Waals surface area contributed by atoms with Gasteiger partial charge in [-0.05, 0) is 33.6 Å². The smallest absolute Gasteiger partial charge is 0.153 e. The third-order valence-corrected chi connectivity index (χ3v) is 11.0. The number of nitrogens with zero attached hydrogens (tertiary/aromatic N) is 4. The fourth-order valence-corrected chi connectivity index (χ4v) is 8.94. The fraction of sp³-hybridized carbons (Fsp3) is 0.417. The van der Waals surface area contributed by atoms with Crippen LogP contribution in [0.15, 0.2) is 29.4 Å². The number of thioether (sulfide) groups is 1. The minimum absolute atomic E-state index is 0. The number of fused-ring (bicyclic) bond motifs is 6. The van der Waals surface area contributed by atoms with E-state index in [1.165, 1.54) is 24.9 Å². The van der Waals surface area contributed by atoms with Crippen LogP contribution in [0.4, 0.5) is 19.4 Å². The Morgan fingerprint density at radius 2 is 1.90 bits per heavy atom. The number of carbonyl (C=O) groups is 1. The molecule has 0 radical (unpaired) electrons. The first-order chi connectivity index (χ1) is 23.4. The summed E-state index contributed by atoms with van der Waals surface area (Å²) in [6, 6.07) is 6.15. The number of carbonyl (C=O) groups excluding carboxylic acids is 1. The summed E-state index contributed by atoms with van der Waals surface area (Å²) in [6.45, 7) is 6.12. The molecule has 0 saturated carbocycles. The molecule has 2 bridgehead atoms. The van der Waals surface area contributed by atoms with E-state index in [4.69, 9.17) is 35.8 Å². The van der Waals surface area contributed by atoms with E-state index in [1.54, 1.807) is 18.2 Å². The molecule has 8 nitrogen and oxygen atoms in total. The van der Waals surface area contributed by atoms with Crippen molar-refractivity contribution in [3.63, 3.8) is 0 Å². The summed E-state index contributed by atoms with van der Waals surface area (Å²) >= 11 is 8.98. The first-order valence-electron chi connectivity index (χ1n) is 16.1. The van der Waals surface area contributed by atoms with Gasteiger partial charge in [-0.15, -0.1) is 0 Å². The molecule has 3 aromatic carbocycles. The van der Waals surface area contributed by atoms with Gasteiger partial charge in [0.2, 0.25) is 0 Å². The Kier molecular flexibility index (Phi) is 12.3. The number of anilines is 1. The van der Waals surface area contributed by atoms with Gasteiger partial charge < -0.3 is 18.2 Å². The fourth-order valence-electron chi connectivity index (χ4n) is 7.65. The molecule has 2 saturated heterocycles. The summed E-state index contributed by atoms with van der Waals surface area (Å²) in [4.78, 5) is 27.3. The SMILES string of the molecule is COCOc1cc(-c2c(Cl)c3c4c(nc(SC)nc4c2F)N2C[C@H]4CC[C@@H]([C@H]2CC3)N4C(=O)OC(C)(C)C)c2c(C#[C][Tl])c(F)ccc2c1.P.[SH-]. The number of aryl methyl sites for hydroxylation is 1. The van der Waals surface area contributed by atoms with E-state index < -0.39 is 17.2 Å². The van der Waals surface area contributed by atoms with Crippen LogP contribution in [0.2, 0.25) is 5.02 Å². The molecule has 15 heteroatoms. The average molecular weight is 964 g/mol. The first-order valence-corrected chi connectivity index (χ1v) is 19.9. The summed E-state index contributed by atoms with van der Waals surface area (Å²) in [5, 5.41) is 2.26. The Morgan fingerprint density at radius 3 is 2.59 bits per heavy atom. The van der Waals surface area contributed by atoms with Gasteiger partial charge in [0.05, 0.1) is 6.04 Å². The van der Waals surface area contributed by atoms with Gasteiger partial charge in [0.15, 0.2) is 0 Å². The van der Waals surface area contributed by atoms with Gasteiger partial charge in [-0.3, -0.25) is 4.90 Å². The summed E-state index contributed by atoms with van der Waals surface area (Å²) < 4.78 is 52.6. The zero-order chi connectivity index (χ0) is 34.8. The van der Waals surface area contributed by atoms with Crippen molar-refractivity contribution in [2.45, 2.75) is 75.3 Å². The Labute approximate surface area is 331 Å². The van der Waals surface area contributed by atoms with Crippen molar-refractivity contribution in [1.82, 2.24) is 14.9 Å². The molecule has 3 aliphatic heterocycles. The largest absolute Gasteiger partial charge is 0.813 e. The topological polar surface area (TPSA) is 77.0 Å². The molecule has 0 N–H and O–H groups in total. The van der Waals surface area contributed by atoms with Crippen LogP contribution in [-0.2, 0) is 29.4 Å². The van der Waals surface area contributed by atoms with Crippen molar-refractivity contribution in [3.05, 3.63) is 52.0 Å². The van der Waals surface area contributed by atoms with Gasteiger partial charge in [-0.1, -0.05) is 0 Å². The van der Waals surface area contributed by atoms with Crippen LogP contribution >= 0.6 is 33.3 Å². The average Bonchev–Trinajstić information content (AvgIpc) is 3.29. The Morgan fingerprint density at radius 1 is 1.14 bits per heavy atom. The second-order valence-electron chi connectivity index (χ2n) is 13.5. The summed E-state index contributed by atoms with van der Waals surface area (Å²) in [5.74, 6) is 2.86. The van der Waals surface area contributed by atoms with Crippen molar-refractivity contribution in [1.29, 1.82) is 0 Å². The van der Waals surface area contributed by atoms with Crippen LogP contribution in [0.1, 0.15) is 51.2 Å². The minimum Gasteiger partial charge on any atom is -0.813 e. The van der Waals surface area contributed by atoms with Crippen molar-refractivity contribution >= 4 is 106 Å². The zero-order valence-electron chi connectivity index (χ0n) is 29.0. The number of amides is 1. The molecule has 0 spiro atoms. The quantitative estimate of drug-likeness (QED) is 0.0301. The number of ether oxygens (including phenoxy) is 3. The molecule has 7 rings (SSSR count). The molecule has 0 aliphatic carbocycles. The second kappa shape index (κ2) is 15.7. The van der Waals surface area contributed by atoms with Crippen LogP contribution in [0.5, 0.6) is 5.75 Å². The van der Waals surface area contributed by atoms with Crippen LogP contribution in [-0.4, -0.2) is 97.2 Å². The molecule has 4 heterocycles. The molecule has 4 atom stereocenters. The van der Waals surface area contributed by atoms with Gasteiger partial charge >= 0.3 is 251 Å². The molecular weight excluding hydrogens is 925 g/mol. The third-order valence-electron chi connectivity index (χ3n) is 9.48. The van der Waals surface area contributed by atoms with E-state index in [1.807, 2.05) is 31.9 Å². The number of rotatable bonds is 5. The van der Waals surface area contributed by atoms with Crippen molar-refractivity contribution < 1.29 is 27.8 Å². The molecular formula is C36H38ClF2N4O4PS2Tl-. The van der Waals surface area contributed by atoms with E-state index in [0.717, 1.165) is 18.4 Å². The summed E-state index contributed by atoms with van der Waals surface area (Å²) in [7, 11) is 1.51. The minimum atomic E-state index is -0.627. The number of benzene rings is 3. The number of thiol groups is 1. The summed E-state index contributed by atoms with van der Waals surface area (Å²) in [6.07, 6.45) is 4.35. The molecule has 4 aromatic rings. The van der Waals surface area contributed by atoms with Gasteiger partial charge in [0.25, 0.3) is 0 Å². The number of hydrogen-bond donors (Lipinski definition) is 0. The van der Waals surface area contributed by atoms with E-state index >= 15 is 8.78 Å². The first kappa shape index (κ1) is 40.0. The molecule has 3 aliphatic rings. The maximum atomic E-state index is 17.4. The molecule has 51 heavy (non-hydrogen) atoms. The van der Waals surface area contributed by atoms with E-state index in [2.05, 4.69) is 14.3 Å². The molecule has 268 valence electrons. The van der Waals surface area contributed by atoms with E-state index in [9.17, 15) is 4.79 Å². The van der Waals surface area contributed by atoms with E-state index in [-0.39, 0.29) is 76.1 Å². The normalized spacial score (nSPS) is 19.0. The molecule has 2 fully saturated rings. The third kappa shape index (κ3) is 7.12. The molecule has 1 aromatic heterocycles. The Balaban J connectivity index is 0.00000252. The van der Waals surface area contributed by atoms with Crippen molar-refractivity contribution in [3.8, 4) is 26.3 Å². The predicted octanol–water partition coefficient (Wildman–Crippen LogP) is 7.25. The van der Waals surface area contributed by atoms with Crippen molar-refractivity contribution in [2.24, 2.45) is 0 Å². The Hall–Kier alpha value is -2.15. The number of piperazine rings is 1. The van der Waals surface area contributed by atoms with Gasteiger partial charge in [-0.25, -0.2) is 4.79 Å². The van der Waals surface area contributed by atoms with Crippen molar-refractivity contribution in [2.75, 3.05) is 31.6 Å². The van der Waals surface area contributed by atoms with Crippen LogP contribution in [0, 0.1) is 21.0 Å². The van der Waals surface area contributed by atoms with Gasteiger partial charge in [0.1, 0.15) is 5.60 Å². The number of methoxy groups -OCH3 is 1. The van der Waals surface area contributed by atoms with Crippen LogP contribution in [0.25, 0.3) is 32.8 Å². The Bertz CT molecular complexity index is 2100. The monoisotopic (exact) mass is 963 g/mol. The maximum Gasteiger partial charge on any atom is -0.153 e. The molecule has 1 amide bonds. The van der Waals surface area contributed by atoms with Crippen LogP contribution < -0.4 is 9.64 Å². The van der Waals surface area contributed by atoms with Gasteiger partial charge in [0, 0.05) is 0 Å².